The molecule has 10 heteroatoms. The topological polar surface area (TPSA) is 121 Å². The summed E-state index contributed by atoms with van der Waals surface area (Å²) in [7, 11) is 2.85. The van der Waals surface area contributed by atoms with Gasteiger partial charge in [0, 0.05) is 25.3 Å². The molecule has 0 saturated carbocycles. The van der Waals surface area contributed by atoms with Gasteiger partial charge in [-0.25, -0.2) is 9.68 Å². The maximum absolute atomic E-state index is 13.3. The molecule has 10 nitrogen and oxygen atoms in total. The highest BCUT2D eigenvalue weighted by Crippen LogP contribution is 2.54. The number of ether oxygens (including phenoxy) is 2. The molecule has 1 fully saturated rings. The second kappa shape index (κ2) is 13.8. The molecule has 0 unspecified atom stereocenters. The van der Waals surface area contributed by atoms with E-state index >= 15 is 0 Å². The average molecular weight is 634 g/mol. The quantitative estimate of drug-likeness (QED) is 0.0893. The second-order valence-corrected chi connectivity index (χ2v) is 11.1. The molecule has 4 aromatic carbocycles. The third-order valence-electron chi connectivity index (χ3n) is 8.54. The summed E-state index contributed by atoms with van der Waals surface area (Å²) < 4.78 is 14.2. The first-order chi connectivity index (χ1) is 22.9. The first-order valence-electron chi connectivity index (χ1n) is 15.2. The highest BCUT2D eigenvalue weighted by atomic mass is 17.2. The van der Waals surface area contributed by atoms with Crippen LogP contribution in [-0.4, -0.2) is 52.8 Å². The van der Waals surface area contributed by atoms with Crippen LogP contribution in [0.15, 0.2) is 138 Å². The predicted molar refractivity (Wildman–Crippen MR) is 174 cm³/mol. The van der Waals surface area contributed by atoms with Crippen molar-refractivity contribution < 1.29 is 29.1 Å². The Morgan fingerprint density at radius 2 is 1.34 bits per heavy atom. The van der Waals surface area contributed by atoms with Gasteiger partial charge < -0.3 is 19.9 Å². The number of hydrogen-bond donors (Lipinski definition) is 2. The van der Waals surface area contributed by atoms with Crippen molar-refractivity contribution in [2.24, 2.45) is 0 Å². The molecule has 0 spiro atoms. The molecule has 1 aromatic heterocycles. The fraction of sp³-hybridized carbons (Fsp3) is 0.216. The van der Waals surface area contributed by atoms with Crippen LogP contribution in [0.3, 0.4) is 0 Å². The Morgan fingerprint density at radius 3 is 1.81 bits per heavy atom. The first-order valence-corrected chi connectivity index (χ1v) is 15.2. The summed E-state index contributed by atoms with van der Waals surface area (Å²) in [5.74, 6) is -2.16. The molecule has 47 heavy (non-hydrogen) atoms. The number of anilines is 1. The Balaban J connectivity index is 1.44. The number of aliphatic hydroxyl groups is 1. The van der Waals surface area contributed by atoms with Crippen molar-refractivity contribution in [1.29, 1.82) is 0 Å². The number of benzene rings is 4. The lowest BCUT2D eigenvalue weighted by molar-refractivity contribution is -0.452. The number of hydrogen-bond acceptors (Lipinski definition) is 8. The summed E-state index contributed by atoms with van der Waals surface area (Å²) in [5.41, 5.74) is 0.839. The number of nitrogens with zero attached hydrogens (tertiary/aromatic N) is 2. The van der Waals surface area contributed by atoms with E-state index in [1.807, 2.05) is 91.0 Å². The van der Waals surface area contributed by atoms with Crippen molar-refractivity contribution in [3.63, 3.8) is 0 Å². The largest absolute Gasteiger partial charge is 0.390 e. The maximum Gasteiger partial charge on any atom is 0.351 e. The SMILES string of the molecule is COO[C@](OC)([C@H]1O[C@@H](n2ccc(NC(=O)c3ccccc3)nc2=O)C[C@@H]1O)C(c1ccccc1)(c1ccccc1)c1ccccc1. The molecular weight excluding hydrogens is 598 g/mol. The van der Waals surface area contributed by atoms with Crippen LogP contribution in [0.5, 0.6) is 0 Å². The molecule has 2 N–H and O–H groups in total. The van der Waals surface area contributed by atoms with Crippen LogP contribution in [0.25, 0.3) is 0 Å². The Hall–Kier alpha value is -4.97. The van der Waals surface area contributed by atoms with Gasteiger partial charge in [-0.3, -0.25) is 9.36 Å². The van der Waals surface area contributed by atoms with Gasteiger partial charge in [0.25, 0.3) is 5.91 Å². The average Bonchev–Trinajstić information content (AvgIpc) is 3.51. The van der Waals surface area contributed by atoms with Crippen LogP contribution in [0.1, 0.15) is 39.7 Å². The number of rotatable bonds is 11. The van der Waals surface area contributed by atoms with Crippen LogP contribution < -0.4 is 11.0 Å². The van der Waals surface area contributed by atoms with E-state index in [0.29, 0.717) is 5.56 Å². The number of carbonyl (C=O) groups excluding carboxylic acids is 1. The van der Waals surface area contributed by atoms with E-state index in [0.717, 1.165) is 16.7 Å². The minimum absolute atomic E-state index is 0.00854. The van der Waals surface area contributed by atoms with Crippen molar-refractivity contribution in [3.8, 4) is 0 Å². The monoisotopic (exact) mass is 633 g/mol. The molecule has 0 bridgehead atoms. The van der Waals surface area contributed by atoms with Gasteiger partial charge in [-0.05, 0) is 34.9 Å². The molecule has 1 aliphatic rings. The number of amides is 1. The van der Waals surface area contributed by atoms with Crippen LogP contribution in [0.4, 0.5) is 5.82 Å². The molecule has 4 atom stereocenters. The van der Waals surface area contributed by atoms with E-state index in [2.05, 4.69) is 10.3 Å². The van der Waals surface area contributed by atoms with Crippen molar-refractivity contribution in [3.05, 3.63) is 166 Å². The van der Waals surface area contributed by atoms with Crippen LogP contribution in [0, 0.1) is 0 Å². The normalized spacial score (nSPS) is 19.2. The first kappa shape index (κ1) is 32.0. The number of carbonyl (C=O) groups is 1. The minimum atomic E-state index is -1.85. The second-order valence-electron chi connectivity index (χ2n) is 11.1. The lowest BCUT2D eigenvalue weighted by Gasteiger charge is -2.51. The molecule has 1 aliphatic heterocycles. The summed E-state index contributed by atoms with van der Waals surface area (Å²) in [6.07, 6.45) is -1.85. The van der Waals surface area contributed by atoms with Gasteiger partial charge >= 0.3 is 5.69 Å². The fourth-order valence-corrected chi connectivity index (χ4v) is 6.57. The van der Waals surface area contributed by atoms with Crippen LogP contribution >= 0.6 is 0 Å². The smallest absolute Gasteiger partial charge is 0.351 e. The van der Waals surface area contributed by atoms with Gasteiger partial charge in [0.1, 0.15) is 23.6 Å². The molecule has 6 rings (SSSR count). The van der Waals surface area contributed by atoms with Crippen LogP contribution in [0.2, 0.25) is 0 Å². The summed E-state index contributed by atoms with van der Waals surface area (Å²) in [5, 5.41) is 14.4. The Bertz CT molecular complexity index is 1740. The van der Waals surface area contributed by atoms with E-state index in [-0.39, 0.29) is 12.2 Å². The lowest BCUT2D eigenvalue weighted by atomic mass is 9.61. The highest BCUT2D eigenvalue weighted by molar-refractivity contribution is 6.03. The molecule has 1 saturated heterocycles. The molecular formula is C37H35N3O7. The summed E-state index contributed by atoms with van der Waals surface area (Å²) in [6, 6.07) is 39.1. The Morgan fingerprint density at radius 1 is 0.830 bits per heavy atom. The summed E-state index contributed by atoms with van der Waals surface area (Å²) >= 11 is 0. The van der Waals surface area contributed by atoms with Gasteiger partial charge in [0.05, 0.1) is 13.2 Å². The van der Waals surface area contributed by atoms with Gasteiger partial charge in [-0.1, -0.05) is 109 Å². The molecule has 1 amide bonds. The number of aliphatic hydroxyl groups excluding tert-OH is 1. The Kier molecular flexibility index (Phi) is 9.39. The van der Waals surface area contributed by atoms with Crippen molar-refractivity contribution in [1.82, 2.24) is 9.55 Å². The molecule has 0 radical (unpaired) electrons. The summed E-state index contributed by atoms with van der Waals surface area (Å²) in [6.45, 7) is 0. The van der Waals surface area contributed by atoms with Crippen molar-refractivity contribution in [2.45, 2.75) is 36.1 Å². The van der Waals surface area contributed by atoms with E-state index in [1.165, 1.54) is 31.0 Å². The van der Waals surface area contributed by atoms with E-state index in [1.54, 1.807) is 30.3 Å². The van der Waals surface area contributed by atoms with Crippen molar-refractivity contribution in [2.75, 3.05) is 19.5 Å². The third-order valence-corrected chi connectivity index (χ3v) is 8.54. The number of nitrogens with one attached hydrogen (secondary N) is 1. The molecule has 240 valence electrons. The zero-order valence-electron chi connectivity index (χ0n) is 25.9. The van der Waals surface area contributed by atoms with Gasteiger partial charge in [-0.2, -0.15) is 9.87 Å². The van der Waals surface area contributed by atoms with E-state index in [4.69, 9.17) is 19.2 Å². The zero-order valence-corrected chi connectivity index (χ0v) is 25.9. The van der Waals surface area contributed by atoms with E-state index < -0.39 is 41.2 Å². The molecule has 0 aliphatic carbocycles. The predicted octanol–water partition coefficient (Wildman–Crippen LogP) is 5.10. The van der Waals surface area contributed by atoms with Gasteiger partial charge in [-0.15, -0.1) is 0 Å². The van der Waals surface area contributed by atoms with Crippen LogP contribution in [-0.2, 0) is 24.7 Å². The third kappa shape index (κ3) is 5.78. The number of methoxy groups -OCH3 is 1. The summed E-state index contributed by atoms with van der Waals surface area (Å²) in [4.78, 5) is 41.7. The minimum Gasteiger partial charge on any atom is -0.390 e. The highest BCUT2D eigenvalue weighted by Gasteiger charge is 2.66. The van der Waals surface area contributed by atoms with Gasteiger partial charge in [0.15, 0.2) is 0 Å². The number of aromatic nitrogens is 2. The maximum atomic E-state index is 13.3. The van der Waals surface area contributed by atoms with Gasteiger partial charge in [0.2, 0.25) is 5.79 Å². The Labute approximate surface area is 272 Å². The molecule has 5 aromatic rings. The molecule has 2 heterocycles. The lowest BCUT2D eigenvalue weighted by Crippen LogP contribution is -2.65. The standard InChI is InChI=1S/C37H35N3O7/c1-44-37(47-45-2,36(27-17-9-4-10-18-27,28-19-11-5-12-20-28)29-21-13-6-14-22-29)33-30(41)25-32(46-33)40-24-23-31(39-35(40)43)38-34(42)26-15-7-3-8-16-26/h3-24,30,32-33,41H,25H2,1-2H3,(H,38,39,42,43)/t30-,32+,33-,37+/m0/s1. The zero-order chi connectivity index (χ0) is 32.9. The van der Waals surface area contributed by atoms with Crippen molar-refractivity contribution >= 4 is 11.7 Å². The fourth-order valence-electron chi connectivity index (χ4n) is 6.57. The van der Waals surface area contributed by atoms with E-state index in [9.17, 15) is 14.7 Å².